The molecule has 7 nitrogen and oxygen atoms in total. The average molecular weight is 405 g/mol. The Morgan fingerprint density at radius 1 is 1.21 bits per heavy atom. The van der Waals surface area contributed by atoms with Crippen molar-refractivity contribution in [2.75, 3.05) is 11.1 Å². The molecule has 0 saturated carbocycles. The highest BCUT2D eigenvalue weighted by Crippen LogP contribution is 2.27. The fourth-order valence-corrected chi connectivity index (χ4v) is 3.28. The number of rotatable bonds is 8. The van der Waals surface area contributed by atoms with Gasteiger partial charge in [-0.2, -0.15) is 8.78 Å². The molecule has 0 bridgehead atoms. The maximum atomic E-state index is 12.5. The van der Waals surface area contributed by atoms with Crippen molar-refractivity contribution in [3.63, 3.8) is 0 Å². The summed E-state index contributed by atoms with van der Waals surface area (Å²) in [6.45, 7) is -0.391. The third-order valence-corrected chi connectivity index (χ3v) is 4.65. The highest BCUT2D eigenvalue weighted by Gasteiger charge is 2.16. The Balaban J connectivity index is 1.67. The SMILES string of the molecule is CCn1c(SCC(=O)Nc2ccccc2OC(F)F)nnc1-c1ccncc1. The van der Waals surface area contributed by atoms with Crippen molar-refractivity contribution in [3.8, 4) is 17.1 Å². The number of amides is 1. The summed E-state index contributed by atoms with van der Waals surface area (Å²) in [6, 6.07) is 9.69. The number of thioether (sulfide) groups is 1. The van der Waals surface area contributed by atoms with E-state index in [9.17, 15) is 13.6 Å². The predicted molar refractivity (Wildman–Crippen MR) is 101 cm³/mol. The number of anilines is 1. The number of alkyl halides is 2. The molecule has 0 atom stereocenters. The van der Waals surface area contributed by atoms with Crippen molar-refractivity contribution in [2.24, 2.45) is 0 Å². The van der Waals surface area contributed by atoms with Gasteiger partial charge in [-0.25, -0.2) is 0 Å². The molecule has 2 aromatic heterocycles. The second kappa shape index (κ2) is 9.27. The maximum absolute atomic E-state index is 12.5. The van der Waals surface area contributed by atoms with E-state index in [-0.39, 0.29) is 23.1 Å². The molecule has 1 aromatic carbocycles. The predicted octanol–water partition coefficient (Wildman–Crippen LogP) is 3.69. The van der Waals surface area contributed by atoms with Crippen LogP contribution in [0.3, 0.4) is 0 Å². The fraction of sp³-hybridized carbons (Fsp3) is 0.222. The van der Waals surface area contributed by atoms with Crippen LogP contribution in [0.1, 0.15) is 6.92 Å². The lowest BCUT2D eigenvalue weighted by atomic mass is 10.2. The Kier molecular flexibility index (Phi) is 6.53. The Bertz CT molecular complexity index is 937. The van der Waals surface area contributed by atoms with Gasteiger partial charge in [0, 0.05) is 24.5 Å². The molecular weight excluding hydrogens is 388 g/mol. The number of aromatic nitrogens is 4. The number of carbonyl (C=O) groups is 1. The molecular formula is C18H17F2N5O2S. The summed E-state index contributed by atoms with van der Waals surface area (Å²) in [5.41, 5.74) is 1.06. The van der Waals surface area contributed by atoms with Gasteiger partial charge >= 0.3 is 6.61 Å². The summed E-state index contributed by atoms with van der Waals surface area (Å²) < 4.78 is 31.2. The number of hydrogen-bond donors (Lipinski definition) is 1. The van der Waals surface area contributed by atoms with E-state index in [0.717, 1.165) is 5.56 Å². The van der Waals surface area contributed by atoms with E-state index in [0.29, 0.717) is 17.5 Å². The summed E-state index contributed by atoms with van der Waals surface area (Å²) in [5, 5.41) is 11.5. The van der Waals surface area contributed by atoms with Crippen molar-refractivity contribution in [2.45, 2.75) is 25.2 Å². The van der Waals surface area contributed by atoms with Crippen molar-refractivity contribution in [1.82, 2.24) is 19.7 Å². The lowest BCUT2D eigenvalue weighted by Crippen LogP contribution is -2.16. The lowest BCUT2D eigenvalue weighted by molar-refractivity contribution is -0.113. The number of ether oxygens (including phenoxy) is 1. The van der Waals surface area contributed by atoms with Gasteiger partial charge in [0.25, 0.3) is 0 Å². The molecule has 28 heavy (non-hydrogen) atoms. The first-order valence-electron chi connectivity index (χ1n) is 8.38. The highest BCUT2D eigenvalue weighted by atomic mass is 32.2. The molecule has 1 N–H and O–H groups in total. The van der Waals surface area contributed by atoms with Crippen LogP contribution in [0, 0.1) is 0 Å². The largest absolute Gasteiger partial charge is 0.433 e. The third kappa shape index (κ3) is 4.83. The molecule has 0 aliphatic carbocycles. The van der Waals surface area contributed by atoms with Gasteiger partial charge in [-0.05, 0) is 31.2 Å². The van der Waals surface area contributed by atoms with E-state index in [1.54, 1.807) is 24.5 Å². The van der Waals surface area contributed by atoms with Crippen LogP contribution in [0.25, 0.3) is 11.4 Å². The highest BCUT2D eigenvalue weighted by molar-refractivity contribution is 7.99. The summed E-state index contributed by atoms with van der Waals surface area (Å²) in [5.74, 6) is 0.264. The molecule has 0 aliphatic heterocycles. The first-order valence-corrected chi connectivity index (χ1v) is 9.37. The van der Waals surface area contributed by atoms with E-state index < -0.39 is 6.61 Å². The standard InChI is InChI=1S/C18H17F2N5O2S/c1-2-25-16(12-7-9-21-10-8-12)23-24-18(25)28-11-15(26)22-13-5-3-4-6-14(13)27-17(19)20/h3-10,17H,2,11H2,1H3,(H,22,26). The van der Waals surface area contributed by atoms with Crippen molar-refractivity contribution in [3.05, 3.63) is 48.8 Å². The summed E-state index contributed by atoms with van der Waals surface area (Å²) >= 11 is 1.21. The van der Waals surface area contributed by atoms with Crippen LogP contribution in [0.2, 0.25) is 0 Å². The number of para-hydroxylation sites is 2. The molecule has 3 rings (SSSR count). The molecule has 0 unspecified atom stereocenters. The number of nitrogens with one attached hydrogen (secondary N) is 1. The van der Waals surface area contributed by atoms with E-state index in [4.69, 9.17) is 0 Å². The van der Waals surface area contributed by atoms with Gasteiger partial charge in [-0.1, -0.05) is 23.9 Å². The molecule has 146 valence electrons. The third-order valence-electron chi connectivity index (χ3n) is 3.68. The molecule has 10 heteroatoms. The minimum absolute atomic E-state index is 0.0392. The molecule has 1 amide bonds. The first kappa shape index (κ1) is 19.7. The van der Waals surface area contributed by atoms with Crippen LogP contribution in [-0.4, -0.2) is 38.0 Å². The van der Waals surface area contributed by atoms with E-state index in [1.165, 1.54) is 23.9 Å². The summed E-state index contributed by atoms with van der Waals surface area (Å²) in [7, 11) is 0. The average Bonchev–Trinajstić information content (AvgIpc) is 3.11. The number of halogens is 2. The summed E-state index contributed by atoms with van der Waals surface area (Å²) in [4.78, 5) is 16.2. The van der Waals surface area contributed by atoms with Crippen LogP contribution >= 0.6 is 11.8 Å². The Hall–Kier alpha value is -3.01. The summed E-state index contributed by atoms with van der Waals surface area (Å²) in [6.07, 6.45) is 3.34. The lowest BCUT2D eigenvalue weighted by Gasteiger charge is -2.11. The van der Waals surface area contributed by atoms with Gasteiger partial charge in [0.2, 0.25) is 5.91 Å². The van der Waals surface area contributed by atoms with Crippen LogP contribution in [0.4, 0.5) is 14.5 Å². The van der Waals surface area contributed by atoms with Gasteiger partial charge in [-0.15, -0.1) is 10.2 Å². The maximum Gasteiger partial charge on any atom is 0.387 e. The van der Waals surface area contributed by atoms with Gasteiger partial charge in [-0.3, -0.25) is 9.78 Å². The molecule has 0 saturated heterocycles. The fourth-order valence-electron chi connectivity index (χ4n) is 2.48. The number of hydrogen-bond acceptors (Lipinski definition) is 6. The van der Waals surface area contributed by atoms with Crippen molar-refractivity contribution >= 4 is 23.4 Å². The molecule has 0 aliphatic rings. The minimum Gasteiger partial charge on any atom is -0.433 e. The molecule has 3 aromatic rings. The van der Waals surface area contributed by atoms with Crippen LogP contribution in [0.5, 0.6) is 5.75 Å². The van der Waals surface area contributed by atoms with Gasteiger partial charge in [0.05, 0.1) is 11.4 Å². The zero-order valence-corrected chi connectivity index (χ0v) is 15.7. The monoisotopic (exact) mass is 405 g/mol. The number of nitrogens with zero attached hydrogens (tertiary/aromatic N) is 4. The van der Waals surface area contributed by atoms with Crippen LogP contribution in [-0.2, 0) is 11.3 Å². The zero-order valence-electron chi connectivity index (χ0n) is 14.9. The van der Waals surface area contributed by atoms with Crippen LogP contribution in [0.15, 0.2) is 53.9 Å². The smallest absolute Gasteiger partial charge is 0.387 e. The van der Waals surface area contributed by atoms with Gasteiger partial charge < -0.3 is 14.6 Å². The second-order valence-corrected chi connectivity index (χ2v) is 6.44. The number of carbonyl (C=O) groups excluding carboxylic acids is 1. The first-order chi connectivity index (χ1) is 13.6. The molecule has 0 fully saturated rings. The molecule has 0 spiro atoms. The second-order valence-electron chi connectivity index (χ2n) is 5.50. The Morgan fingerprint density at radius 3 is 2.68 bits per heavy atom. The van der Waals surface area contributed by atoms with E-state index in [2.05, 4.69) is 25.2 Å². The quantitative estimate of drug-likeness (QED) is 0.576. The molecule has 2 heterocycles. The van der Waals surface area contributed by atoms with Crippen LogP contribution < -0.4 is 10.1 Å². The zero-order chi connectivity index (χ0) is 19.9. The minimum atomic E-state index is -2.97. The normalized spacial score (nSPS) is 10.9. The van der Waals surface area contributed by atoms with E-state index in [1.807, 2.05) is 23.6 Å². The molecule has 0 radical (unpaired) electrons. The topological polar surface area (TPSA) is 81.9 Å². The van der Waals surface area contributed by atoms with Gasteiger partial charge in [0.15, 0.2) is 11.0 Å². The van der Waals surface area contributed by atoms with E-state index >= 15 is 0 Å². The van der Waals surface area contributed by atoms with Crippen molar-refractivity contribution in [1.29, 1.82) is 0 Å². The Morgan fingerprint density at radius 2 is 1.96 bits per heavy atom. The van der Waals surface area contributed by atoms with Crippen molar-refractivity contribution < 1.29 is 18.3 Å². The van der Waals surface area contributed by atoms with Gasteiger partial charge in [0.1, 0.15) is 5.75 Å². The number of benzene rings is 1. The number of pyridine rings is 1. The Labute approximate surface area is 164 Å².